The molecular weight excluding hydrogens is 344 g/mol. The Bertz CT molecular complexity index is 695. The molecule has 5 aliphatic carbocycles. The van der Waals surface area contributed by atoms with E-state index in [9.17, 15) is 9.90 Å². The van der Waals surface area contributed by atoms with Crippen LogP contribution in [-0.2, 0) is 4.79 Å². The van der Waals surface area contributed by atoms with Crippen LogP contribution in [0.2, 0.25) is 0 Å². The lowest BCUT2D eigenvalue weighted by atomic mass is 9.46. The minimum atomic E-state index is -0.104. The number of aliphatic hydroxyl groups is 1. The van der Waals surface area contributed by atoms with Crippen molar-refractivity contribution in [2.45, 2.75) is 91.6 Å². The smallest absolute Gasteiger partial charge is 0.142 e. The van der Waals surface area contributed by atoms with Crippen molar-refractivity contribution in [1.82, 2.24) is 0 Å². The molecule has 1 N–H and O–H groups in total. The van der Waals surface area contributed by atoms with Gasteiger partial charge in [0.15, 0.2) is 0 Å². The molecule has 0 bridgehead atoms. The van der Waals surface area contributed by atoms with Crippen LogP contribution in [0, 0.1) is 51.2 Å². The fourth-order valence-corrected chi connectivity index (χ4v) is 10.1. The number of fused-ring (bicyclic) bond motifs is 2. The zero-order valence-corrected chi connectivity index (χ0v) is 18.4. The van der Waals surface area contributed by atoms with Crippen molar-refractivity contribution in [2.24, 2.45) is 51.2 Å². The summed E-state index contributed by atoms with van der Waals surface area (Å²) < 4.78 is 0. The molecule has 0 aromatic carbocycles. The number of aldehydes is 1. The first-order chi connectivity index (χ1) is 13.2. The minimum absolute atomic E-state index is 0.0970. The first kappa shape index (κ1) is 19.3. The molecule has 0 saturated heterocycles. The van der Waals surface area contributed by atoms with Gasteiger partial charge in [0.05, 0.1) is 6.10 Å². The Kier molecular flexibility index (Phi) is 4.12. The Morgan fingerprint density at radius 2 is 1.68 bits per heavy atom. The lowest BCUT2D eigenvalue weighted by Crippen LogP contribution is -2.54. The summed E-state index contributed by atoms with van der Waals surface area (Å²) in [6.45, 7) is 9.65. The van der Waals surface area contributed by atoms with E-state index in [0.717, 1.165) is 36.4 Å². The van der Waals surface area contributed by atoms with Crippen LogP contribution in [0.25, 0.3) is 0 Å². The van der Waals surface area contributed by atoms with Gasteiger partial charge in [-0.25, -0.2) is 0 Å². The molecule has 2 heteroatoms. The SMILES string of the molecule is CC(C=CC=O)C1CCC2C3CCC4C(C)(C)C(O)CCC45CC35CCC12C. The third kappa shape index (κ3) is 2.17. The third-order valence-electron chi connectivity index (χ3n) is 11.5. The maximum atomic E-state index is 10.8. The highest BCUT2D eigenvalue weighted by molar-refractivity contribution is 5.64. The Morgan fingerprint density at radius 1 is 0.929 bits per heavy atom. The van der Waals surface area contributed by atoms with Gasteiger partial charge in [-0.3, -0.25) is 4.79 Å². The number of aliphatic hydroxyl groups excluding tert-OH is 1. The van der Waals surface area contributed by atoms with Crippen molar-refractivity contribution in [2.75, 3.05) is 0 Å². The largest absolute Gasteiger partial charge is 0.393 e. The summed E-state index contributed by atoms with van der Waals surface area (Å²) in [5.41, 5.74) is 1.72. The van der Waals surface area contributed by atoms with E-state index < -0.39 is 0 Å². The average molecular weight is 385 g/mol. The van der Waals surface area contributed by atoms with E-state index in [0.29, 0.717) is 22.2 Å². The average Bonchev–Trinajstić information content (AvgIpc) is 3.20. The number of rotatable bonds is 3. The van der Waals surface area contributed by atoms with Crippen molar-refractivity contribution in [1.29, 1.82) is 0 Å². The summed E-state index contributed by atoms with van der Waals surface area (Å²) in [6, 6.07) is 0. The second kappa shape index (κ2) is 5.96. The van der Waals surface area contributed by atoms with Gasteiger partial charge in [0.1, 0.15) is 6.29 Å². The maximum Gasteiger partial charge on any atom is 0.142 e. The lowest BCUT2D eigenvalue weighted by molar-refractivity contribution is -0.133. The second-order valence-electron chi connectivity index (χ2n) is 12.3. The van der Waals surface area contributed by atoms with Gasteiger partial charge < -0.3 is 5.11 Å². The van der Waals surface area contributed by atoms with Crippen LogP contribution >= 0.6 is 0 Å². The van der Waals surface area contributed by atoms with Gasteiger partial charge in [-0.15, -0.1) is 0 Å². The molecular formula is C26H40O2. The van der Waals surface area contributed by atoms with Crippen molar-refractivity contribution in [3.63, 3.8) is 0 Å². The molecule has 28 heavy (non-hydrogen) atoms. The number of hydrogen-bond donors (Lipinski definition) is 1. The second-order valence-corrected chi connectivity index (χ2v) is 12.3. The number of hydrogen-bond acceptors (Lipinski definition) is 2. The standard InChI is InChI=1S/C26H40O2/c1-17(6-5-15-27)18-7-8-19-20-9-10-21-23(2,3)22(28)11-12-26(21)16-25(20,26)14-13-24(18,19)4/h5-6,15,17-22,28H,7-14,16H2,1-4H3. The van der Waals surface area contributed by atoms with Crippen molar-refractivity contribution in [3.8, 4) is 0 Å². The predicted molar refractivity (Wildman–Crippen MR) is 113 cm³/mol. The van der Waals surface area contributed by atoms with Gasteiger partial charge in [0.25, 0.3) is 0 Å². The maximum absolute atomic E-state index is 10.8. The van der Waals surface area contributed by atoms with Crippen LogP contribution in [0.15, 0.2) is 12.2 Å². The van der Waals surface area contributed by atoms with Crippen LogP contribution in [0.3, 0.4) is 0 Å². The van der Waals surface area contributed by atoms with Crippen LogP contribution in [0.4, 0.5) is 0 Å². The Balaban J connectivity index is 1.43. The van der Waals surface area contributed by atoms with E-state index in [1.54, 1.807) is 6.08 Å². The lowest BCUT2D eigenvalue weighted by Gasteiger charge is -2.59. The zero-order chi connectivity index (χ0) is 19.9. The molecule has 0 aliphatic heterocycles. The predicted octanol–water partition coefficient (Wildman–Crippen LogP) is 5.79. The van der Waals surface area contributed by atoms with Gasteiger partial charge in [-0.2, -0.15) is 0 Å². The molecule has 9 atom stereocenters. The van der Waals surface area contributed by atoms with E-state index in [1.165, 1.54) is 51.4 Å². The fraction of sp³-hybridized carbons (Fsp3) is 0.885. The topological polar surface area (TPSA) is 37.3 Å². The molecule has 156 valence electrons. The summed E-state index contributed by atoms with van der Waals surface area (Å²) in [7, 11) is 0. The van der Waals surface area contributed by atoms with Crippen LogP contribution < -0.4 is 0 Å². The van der Waals surface area contributed by atoms with E-state index in [2.05, 4.69) is 33.8 Å². The van der Waals surface area contributed by atoms with E-state index in [4.69, 9.17) is 0 Å². The highest BCUT2D eigenvalue weighted by Gasteiger charge is 2.80. The van der Waals surface area contributed by atoms with Crippen molar-refractivity contribution >= 4 is 6.29 Å². The molecule has 5 aliphatic rings. The number of carbonyl (C=O) groups excluding carboxylic acids is 1. The molecule has 9 unspecified atom stereocenters. The Morgan fingerprint density at radius 3 is 2.43 bits per heavy atom. The summed E-state index contributed by atoms with van der Waals surface area (Å²) in [6.07, 6.45) is 16.8. The summed E-state index contributed by atoms with van der Waals surface area (Å²) in [5, 5.41) is 10.7. The fourth-order valence-electron chi connectivity index (χ4n) is 10.1. The zero-order valence-electron chi connectivity index (χ0n) is 18.4. The monoisotopic (exact) mass is 384 g/mol. The molecule has 5 fully saturated rings. The summed E-state index contributed by atoms with van der Waals surface area (Å²) in [5.74, 6) is 3.79. The van der Waals surface area contributed by atoms with E-state index in [-0.39, 0.29) is 11.5 Å². The van der Waals surface area contributed by atoms with Gasteiger partial charge in [0, 0.05) is 0 Å². The highest BCUT2D eigenvalue weighted by atomic mass is 16.3. The normalized spacial score (nSPS) is 55.0. The molecule has 5 saturated carbocycles. The molecule has 0 aromatic heterocycles. The van der Waals surface area contributed by atoms with Crippen molar-refractivity contribution < 1.29 is 9.90 Å². The molecule has 0 aromatic rings. The minimum Gasteiger partial charge on any atom is -0.393 e. The van der Waals surface area contributed by atoms with Crippen molar-refractivity contribution in [3.05, 3.63) is 12.2 Å². The molecule has 2 nitrogen and oxygen atoms in total. The highest BCUT2D eigenvalue weighted by Crippen LogP contribution is 2.87. The number of allylic oxidation sites excluding steroid dienone is 2. The molecule has 0 amide bonds. The summed E-state index contributed by atoms with van der Waals surface area (Å²) in [4.78, 5) is 10.8. The van der Waals surface area contributed by atoms with Crippen LogP contribution in [0.1, 0.15) is 85.5 Å². The molecule has 5 rings (SSSR count). The van der Waals surface area contributed by atoms with Gasteiger partial charge >= 0.3 is 0 Å². The summed E-state index contributed by atoms with van der Waals surface area (Å²) >= 11 is 0. The first-order valence-electron chi connectivity index (χ1n) is 12.0. The molecule has 0 heterocycles. The van der Waals surface area contributed by atoms with E-state index >= 15 is 0 Å². The molecule has 0 radical (unpaired) electrons. The third-order valence-corrected chi connectivity index (χ3v) is 11.5. The quantitative estimate of drug-likeness (QED) is 0.494. The number of carbonyl (C=O) groups is 1. The van der Waals surface area contributed by atoms with Gasteiger partial charge in [-0.1, -0.05) is 33.8 Å². The van der Waals surface area contributed by atoms with Gasteiger partial charge in [-0.05, 0) is 115 Å². The Labute approximate surface area is 171 Å². The molecule has 2 spiro atoms. The Hall–Kier alpha value is -0.630. The van der Waals surface area contributed by atoms with E-state index in [1.807, 2.05) is 0 Å². The first-order valence-corrected chi connectivity index (χ1v) is 12.0. The van der Waals surface area contributed by atoms with Gasteiger partial charge in [0.2, 0.25) is 0 Å². The van der Waals surface area contributed by atoms with Crippen LogP contribution in [-0.4, -0.2) is 17.5 Å². The van der Waals surface area contributed by atoms with Crippen LogP contribution in [0.5, 0.6) is 0 Å².